The fraction of sp³-hybridized carbons (Fsp3) is 0.278. The highest BCUT2D eigenvalue weighted by atomic mass is 16.5. The summed E-state index contributed by atoms with van der Waals surface area (Å²) in [6, 6.07) is 12.3. The molecular formula is C18H21N3O. The molecule has 114 valence electrons. The number of nitrogens with zero attached hydrogens (tertiary/aromatic N) is 3. The van der Waals surface area contributed by atoms with Gasteiger partial charge in [-0.25, -0.2) is 0 Å². The Kier molecular flexibility index (Phi) is 4.59. The number of rotatable bonds is 5. The van der Waals surface area contributed by atoms with Crippen LogP contribution in [0.15, 0.2) is 61.4 Å². The third kappa shape index (κ3) is 3.22. The number of piperazine rings is 1. The molecule has 1 fully saturated rings. The van der Waals surface area contributed by atoms with Crippen molar-refractivity contribution in [3.8, 4) is 5.75 Å². The minimum absolute atomic E-state index is 0.536. The number of hydrogen-bond donors (Lipinski definition) is 0. The van der Waals surface area contributed by atoms with Crippen molar-refractivity contribution < 1.29 is 4.74 Å². The van der Waals surface area contributed by atoms with Crippen LogP contribution < -0.4 is 14.5 Å². The van der Waals surface area contributed by atoms with Gasteiger partial charge in [0.25, 0.3) is 0 Å². The average molecular weight is 295 g/mol. The van der Waals surface area contributed by atoms with Gasteiger partial charge in [0.05, 0.1) is 5.69 Å². The van der Waals surface area contributed by atoms with Gasteiger partial charge in [-0.15, -0.1) is 0 Å². The van der Waals surface area contributed by atoms with Gasteiger partial charge in [-0.1, -0.05) is 24.8 Å². The highest BCUT2D eigenvalue weighted by Crippen LogP contribution is 2.29. The Morgan fingerprint density at radius 3 is 2.41 bits per heavy atom. The largest absolute Gasteiger partial charge is 0.487 e. The van der Waals surface area contributed by atoms with E-state index >= 15 is 0 Å². The zero-order chi connectivity index (χ0) is 15.2. The standard InChI is InChI=1S/C18H21N3O/c1-2-15-22-18-6-4-3-5-17(18)21-13-11-20(12-14-21)16-7-9-19-10-8-16/h2-10H,1,11-15H2. The van der Waals surface area contributed by atoms with Gasteiger partial charge in [0, 0.05) is 44.3 Å². The molecule has 0 saturated carbocycles. The minimum Gasteiger partial charge on any atom is -0.487 e. The molecule has 22 heavy (non-hydrogen) atoms. The maximum atomic E-state index is 5.77. The van der Waals surface area contributed by atoms with Crippen molar-refractivity contribution in [2.45, 2.75) is 0 Å². The number of para-hydroxylation sites is 2. The van der Waals surface area contributed by atoms with E-state index in [0.29, 0.717) is 6.61 Å². The van der Waals surface area contributed by atoms with E-state index in [-0.39, 0.29) is 0 Å². The predicted octanol–water partition coefficient (Wildman–Crippen LogP) is 2.97. The summed E-state index contributed by atoms with van der Waals surface area (Å²) in [7, 11) is 0. The van der Waals surface area contributed by atoms with Crippen LogP contribution in [0.4, 0.5) is 11.4 Å². The van der Waals surface area contributed by atoms with Crippen LogP contribution in [0.3, 0.4) is 0 Å². The van der Waals surface area contributed by atoms with Crippen LogP contribution in [0.1, 0.15) is 0 Å². The first kappa shape index (κ1) is 14.4. The molecule has 3 rings (SSSR count). The Balaban J connectivity index is 1.68. The molecule has 0 atom stereocenters. The molecule has 4 nitrogen and oxygen atoms in total. The number of ether oxygens (including phenoxy) is 1. The lowest BCUT2D eigenvalue weighted by molar-refractivity contribution is 0.363. The van der Waals surface area contributed by atoms with Crippen molar-refractivity contribution in [2.75, 3.05) is 42.6 Å². The van der Waals surface area contributed by atoms with Crippen LogP contribution in [-0.2, 0) is 0 Å². The molecule has 1 aliphatic rings. The molecule has 0 unspecified atom stereocenters. The quantitative estimate of drug-likeness (QED) is 0.793. The zero-order valence-electron chi connectivity index (χ0n) is 12.7. The van der Waals surface area contributed by atoms with Crippen molar-refractivity contribution in [1.29, 1.82) is 0 Å². The van der Waals surface area contributed by atoms with Gasteiger partial charge in [-0.3, -0.25) is 4.98 Å². The summed E-state index contributed by atoms with van der Waals surface area (Å²) in [5.74, 6) is 0.930. The third-order valence-electron chi connectivity index (χ3n) is 3.87. The molecule has 1 aliphatic heterocycles. The zero-order valence-corrected chi connectivity index (χ0v) is 12.7. The summed E-state index contributed by atoms with van der Waals surface area (Å²) in [6.07, 6.45) is 5.47. The van der Waals surface area contributed by atoms with Crippen molar-refractivity contribution in [1.82, 2.24) is 4.98 Å². The second kappa shape index (κ2) is 6.98. The molecule has 0 amide bonds. The smallest absolute Gasteiger partial charge is 0.143 e. The molecule has 0 bridgehead atoms. The summed E-state index contributed by atoms with van der Waals surface area (Å²) < 4.78 is 5.77. The topological polar surface area (TPSA) is 28.6 Å². The highest BCUT2D eigenvalue weighted by molar-refractivity contribution is 5.60. The molecule has 2 aromatic rings. The van der Waals surface area contributed by atoms with Crippen LogP contribution in [0, 0.1) is 0 Å². The molecule has 0 aliphatic carbocycles. The second-order valence-electron chi connectivity index (χ2n) is 5.25. The van der Waals surface area contributed by atoms with Gasteiger partial charge in [-0.2, -0.15) is 0 Å². The fourth-order valence-corrected chi connectivity index (χ4v) is 2.75. The van der Waals surface area contributed by atoms with E-state index in [0.717, 1.165) is 31.9 Å². The van der Waals surface area contributed by atoms with Gasteiger partial charge in [0.15, 0.2) is 0 Å². The Morgan fingerprint density at radius 1 is 1.00 bits per heavy atom. The lowest BCUT2D eigenvalue weighted by atomic mass is 10.2. The maximum Gasteiger partial charge on any atom is 0.143 e. The van der Waals surface area contributed by atoms with Crippen LogP contribution in [0.25, 0.3) is 0 Å². The number of anilines is 2. The summed E-state index contributed by atoms with van der Waals surface area (Å²) in [5.41, 5.74) is 2.41. The van der Waals surface area contributed by atoms with E-state index < -0.39 is 0 Å². The van der Waals surface area contributed by atoms with E-state index in [2.05, 4.69) is 45.6 Å². The molecule has 0 N–H and O–H groups in total. The van der Waals surface area contributed by atoms with Crippen molar-refractivity contribution in [3.63, 3.8) is 0 Å². The number of benzene rings is 1. The van der Waals surface area contributed by atoms with E-state index in [1.807, 2.05) is 24.5 Å². The number of aromatic nitrogens is 1. The Labute approximate surface area is 131 Å². The lowest BCUT2D eigenvalue weighted by Gasteiger charge is -2.37. The molecule has 1 aromatic heterocycles. The average Bonchev–Trinajstić information content (AvgIpc) is 2.61. The van der Waals surface area contributed by atoms with Gasteiger partial charge >= 0.3 is 0 Å². The Bertz CT molecular complexity index is 607. The molecule has 0 radical (unpaired) electrons. The van der Waals surface area contributed by atoms with Crippen LogP contribution in [-0.4, -0.2) is 37.8 Å². The predicted molar refractivity (Wildman–Crippen MR) is 90.8 cm³/mol. The summed E-state index contributed by atoms with van der Waals surface area (Å²) in [5, 5.41) is 0. The molecule has 1 aromatic carbocycles. The van der Waals surface area contributed by atoms with Crippen LogP contribution >= 0.6 is 0 Å². The minimum atomic E-state index is 0.536. The van der Waals surface area contributed by atoms with Crippen LogP contribution in [0.2, 0.25) is 0 Å². The normalized spacial score (nSPS) is 14.7. The first-order chi connectivity index (χ1) is 10.9. The first-order valence-corrected chi connectivity index (χ1v) is 7.61. The SMILES string of the molecule is C=CCOc1ccccc1N1CCN(c2ccncc2)CC1. The second-order valence-corrected chi connectivity index (χ2v) is 5.25. The van der Waals surface area contributed by atoms with Gasteiger partial charge in [0.2, 0.25) is 0 Å². The van der Waals surface area contributed by atoms with Crippen LogP contribution in [0.5, 0.6) is 5.75 Å². The Morgan fingerprint density at radius 2 is 1.68 bits per heavy atom. The fourth-order valence-electron chi connectivity index (χ4n) is 2.75. The monoisotopic (exact) mass is 295 g/mol. The summed E-state index contributed by atoms with van der Waals surface area (Å²) in [4.78, 5) is 8.86. The molecule has 2 heterocycles. The van der Waals surface area contributed by atoms with Crippen molar-refractivity contribution in [3.05, 3.63) is 61.4 Å². The number of hydrogen-bond acceptors (Lipinski definition) is 4. The van der Waals surface area contributed by atoms with Crippen molar-refractivity contribution in [2.24, 2.45) is 0 Å². The summed E-state index contributed by atoms with van der Waals surface area (Å²) >= 11 is 0. The molecular weight excluding hydrogens is 274 g/mol. The summed E-state index contributed by atoms with van der Waals surface area (Å²) in [6.45, 7) is 8.21. The number of pyridine rings is 1. The van der Waals surface area contributed by atoms with Crippen molar-refractivity contribution >= 4 is 11.4 Å². The van der Waals surface area contributed by atoms with Gasteiger partial charge in [-0.05, 0) is 24.3 Å². The van der Waals surface area contributed by atoms with E-state index in [1.54, 1.807) is 6.08 Å². The molecule has 0 spiro atoms. The third-order valence-corrected chi connectivity index (χ3v) is 3.87. The van der Waals surface area contributed by atoms with Gasteiger partial charge in [0.1, 0.15) is 12.4 Å². The lowest BCUT2D eigenvalue weighted by Crippen LogP contribution is -2.46. The Hall–Kier alpha value is -2.49. The van der Waals surface area contributed by atoms with E-state index in [4.69, 9.17) is 4.74 Å². The van der Waals surface area contributed by atoms with E-state index in [1.165, 1.54) is 11.4 Å². The molecule has 4 heteroatoms. The maximum absolute atomic E-state index is 5.77. The first-order valence-electron chi connectivity index (χ1n) is 7.61. The van der Waals surface area contributed by atoms with Gasteiger partial charge < -0.3 is 14.5 Å². The van der Waals surface area contributed by atoms with E-state index in [9.17, 15) is 0 Å². The molecule has 1 saturated heterocycles. The highest BCUT2D eigenvalue weighted by Gasteiger charge is 2.19.